The van der Waals surface area contributed by atoms with Gasteiger partial charge in [-0.3, -0.25) is 9.48 Å². The number of aryl methyl sites for hydroxylation is 2. The van der Waals surface area contributed by atoms with Gasteiger partial charge >= 0.3 is 0 Å². The van der Waals surface area contributed by atoms with E-state index < -0.39 is 5.41 Å². The number of rotatable bonds is 4. The number of nitrogens with zero attached hydrogens (tertiary/aromatic N) is 2. The summed E-state index contributed by atoms with van der Waals surface area (Å²) >= 11 is 6.17. The van der Waals surface area contributed by atoms with Gasteiger partial charge in [-0.1, -0.05) is 23.7 Å². The van der Waals surface area contributed by atoms with Crippen molar-refractivity contribution in [3.05, 3.63) is 52.1 Å². The van der Waals surface area contributed by atoms with Crippen molar-refractivity contribution < 1.29 is 9.18 Å². The smallest absolute Gasteiger partial charge is 0.147 e. The molecule has 0 spiro atoms. The van der Waals surface area contributed by atoms with E-state index in [0.29, 0.717) is 5.15 Å². The fraction of sp³-hybridized carbons (Fsp3) is 0.375. The topological polar surface area (TPSA) is 34.9 Å². The molecule has 1 heterocycles. The Morgan fingerprint density at radius 2 is 1.90 bits per heavy atom. The lowest BCUT2D eigenvalue weighted by atomic mass is 9.78. The molecule has 2 aromatic rings. The third kappa shape index (κ3) is 3.00. The second-order valence-electron chi connectivity index (χ2n) is 5.71. The number of aromatic nitrogens is 2. The molecule has 0 atom stereocenters. The zero-order chi connectivity index (χ0) is 15.8. The Morgan fingerprint density at radius 1 is 1.33 bits per heavy atom. The van der Waals surface area contributed by atoms with Crippen LogP contribution in [0.2, 0.25) is 5.15 Å². The first kappa shape index (κ1) is 15.7. The largest absolute Gasteiger partial charge is 0.298 e. The molecule has 0 aliphatic rings. The van der Waals surface area contributed by atoms with Crippen LogP contribution in [0, 0.1) is 12.7 Å². The summed E-state index contributed by atoms with van der Waals surface area (Å²) < 4.78 is 14.6. The van der Waals surface area contributed by atoms with E-state index in [1.165, 1.54) is 12.1 Å². The van der Waals surface area contributed by atoms with Gasteiger partial charge in [0.05, 0.1) is 5.69 Å². The minimum atomic E-state index is -0.709. The molecule has 5 heteroatoms. The van der Waals surface area contributed by atoms with Gasteiger partial charge in [0.25, 0.3) is 0 Å². The zero-order valence-electron chi connectivity index (χ0n) is 12.6. The number of Topliss-reactive ketones (excluding diaryl/α,β-unsaturated/α-hetero) is 1. The number of carbonyl (C=O) groups is 1. The van der Waals surface area contributed by atoms with Crippen LogP contribution in [0.15, 0.2) is 24.3 Å². The number of benzene rings is 1. The summed E-state index contributed by atoms with van der Waals surface area (Å²) in [7, 11) is 1.74. The highest BCUT2D eigenvalue weighted by molar-refractivity contribution is 6.30. The molecule has 112 valence electrons. The van der Waals surface area contributed by atoms with Crippen LogP contribution in [-0.4, -0.2) is 15.6 Å². The standard InChI is InChI=1S/C16H18ClFN2O/c1-10-13(15(17)20(4)19-10)9-14(21)16(2,3)11-5-7-12(18)8-6-11/h5-8H,9H2,1-4H3. The van der Waals surface area contributed by atoms with E-state index in [1.54, 1.807) is 23.9 Å². The Bertz CT molecular complexity index is 674. The van der Waals surface area contributed by atoms with Crippen LogP contribution in [0.4, 0.5) is 4.39 Å². The number of hydrogen-bond donors (Lipinski definition) is 0. The van der Waals surface area contributed by atoms with Gasteiger partial charge < -0.3 is 0 Å². The first-order valence-corrected chi connectivity index (χ1v) is 7.08. The number of halogens is 2. The molecule has 0 N–H and O–H groups in total. The summed E-state index contributed by atoms with van der Waals surface area (Å²) in [5.74, 6) is -0.291. The van der Waals surface area contributed by atoms with Crippen LogP contribution in [0.3, 0.4) is 0 Å². The second kappa shape index (κ2) is 5.60. The van der Waals surface area contributed by atoms with Gasteiger partial charge in [-0.05, 0) is 38.5 Å². The average molecular weight is 309 g/mol. The molecule has 0 bridgehead atoms. The minimum Gasteiger partial charge on any atom is -0.298 e. The van der Waals surface area contributed by atoms with Crippen molar-refractivity contribution in [3.63, 3.8) is 0 Å². The molecule has 0 saturated heterocycles. The maximum Gasteiger partial charge on any atom is 0.147 e. The average Bonchev–Trinajstić information content (AvgIpc) is 2.65. The quantitative estimate of drug-likeness (QED) is 0.865. The lowest BCUT2D eigenvalue weighted by molar-refractivity contribution is -0.122. The van der Waals surface area contributed by atoms with Crippen molar-refractivity contribution in [2.24, 2.45) is 7.05 Å². The van der Waals surface area contributed by atoms with Crippen LogP contribution < -0.4 is 0 Å². The van der Waals surface area contributed by atoms with Gasteiger partial charge in [0, 0.05) is 24.4 Å². The molecule has 1 aromatic carbocycles. The van der Waals surface area contributed by atoms with Gasteiger partial charge in [-0.2, -0.15) is 5.10 Å². The first-order chi connectivity index (χ1) is 9.73. The highest BCUT2D eigenvalue weighted by Crippen LogP contribution is 2.28. The van der Waals surface area contributed by atoms with Gasteiger partial charge in [-0.15, -0.1) is 0 Å². The molecule has 0 aliphatic carbocycles. The van der Waals surface area contributed by atoms with Crippen molar-refractivity contribution in [2.45, 2.75) is 32.6 Å². The van der Waals surface area contributed by atoms with Crippen LogP contribution in [-0.2, 0) is 23.7 Å². The Labute approximate surface area is 128 Å². The highest BCUT2D eigenvalue weighted by Gasteiger charge is 2.31. The van der Waals surface area contributed by atoms with E-state index >= 15 is 0 Å². The fourth-order valence-electron chi connectivity index (χ4n) is 2.28. The molecule has 0 unspecified atom stereocenters. The monoisotopic (exact) mass is 308 g/mol. The van der Waals surface area contributed by atoms with Gasteiger partial charge in [-0.25, -0.2) is 4.39 Å². The Hall–Kier alpha value is -1.68. The highest BCUT2D eigenvalue weighted by atomic mass is 35.5. The third-order valence-electron chi connectivity index (χ3n) is 3.87. The lowest BCUT2D eigenvalue weighted by Gasteiger charge is -2.23. The van der Waals surface area contributed by atoms with E-state index in [4.69, 9.17) is 11.6 Å². The molecular weight excluding hydrogens is 291 g/mol. The number of ketones is 1. The van der Waals surface area contributed by atoms with Crippen molar-refractivity contribution in [3.8, 4) is 0 Å². The normalized spacial score (nSPS) is 11.7. The summed E-state index contributed by atoms with van der Waals surface area (Å²) in [4.78, 5) is 12.6. The summed E-state index contributed by atoms with van der Waals surface area (Å²) in [5.41, 5.74) is 1.58. The van der Waals surface area contributed by atoms with Crippen molar-refractivity contribution in [1.29, 1.82) is 0 Å². The maximum atomic E-state index is 13.0. The van der Waals surface area contributed by atoms with Gasteiger partial charge in [0.1, 0.15) is 16.8 Å². The molecule has 3 nitrogen and oxygen atoms in total. The minimum absolute atomic E-state index is 0.0205. The van der Waals surface area contributed by atoms with Crippen LogP contribution >= 0.6 is 11.6 Å². The molecular formula is C16H18ClFN2O. The van der Waals surface area contributed by atoms with Crippen LogP contribution in [0.5, 0.6) is 0 Å². The Balaban J connectivity index is 2.28. The summed E-state index contributed by atoms with van der Waals surface area (Å²) in [6, 6.07) is 6.02. The lowest BCUT2D eigenvalue weighted by Crippen LogP contribution is -2.30. The Kier molecular flexibility index (Phi) is 4.19. The van der Waals surface area contributed by atoms with Crippen molar-refractivity contribution >= 4 is 17.4 Å². The molecule has 21 heavy (non-hydrogen) atoms. The molecule has 1 aromatic heterocycles. The summed E-state index contributed by atoms with van der Waals surface area (Å²) in [6.07, 6.45) is 0.211. The Morgan fingerprint density at radius 3 is 2.38 bits per heavy atom. The number of hydrogen-bond acceptors (Lipinski definition) is 2. The molecule has 0 fully saturated rings. The van der Waals surface area contributed by atoms with Crippen molar-refractivity contribution in [2.75, 3.05) is 0 Å². The van der Waals surface area contributed by atoms with E-state index in [-0.39, 0.29) is 18.0 Å². The van der Waals surface area contributed by atoms with Gasteiger partial charge in [0.2, 0.25) is 0 Å². The molecule has 2 rings (SSSR count). The van der Waals surface area contributed by atoms with E-state index in [0.717, 1.165) is 16.8 Å². The van der Waals surface area contributed by atoms with Crippen molar-refractivity contribution in [1.82, 2.24) is 9.78 Å². The third-order valence-corrected chi connectivity index (χ3v) is 4.34. The summed E-state index contributed by atoms with van der Waals surface area (Å²) in [5, 5.41) is 4.70. The molecule has 0 saturated carbocycles. The van der Waals surface area contributed by atoms with Gasteiger partial charge in [0.15, 0.2) is 0 Å². The van der Waals surface area contributed by atoms with E-state index in [2.05, 4.69) is 5.10 Å². The second-order valence-corrected chi connectivity index (χ2v) is 6.07. The molecule has 0 amide bonds. The van der Waals surface area contributed by atoms with Crippen LogP contribution in [0.25, 0.3) is 0 Å². The predicted molar refractivity (Wildman–Crippen MR) is 81.1 cm³/mol. The first-order valence-electron chi connectivity index (χ1n) is 6.70. The molecule has 0 aliphatic heterocycles. The van der Waals surface area contributed by atoms with E-state index in [1.807, 2.05) is 20.8 Å². The fourth-order valence-corrected chi connectivity index (χ4v) is 2.53. The molecule has 0 radical (unpaired) electrons. The predicted octanol–water partition coefficient (Wildman–Crippen LogP) is 3.61. The van der Waals surface area contributed by atoms with Crippen LogP contribution in [0.1, 0.15) is 30.7 Å². The SMILES string of the molecule is Cc1nn(C)c(Cl)c1CC(=O)C(C)(C)c1ccc(F)cc1. The number of carbonyl (C=O) groups excluding carboxylic acids is 1. The maximum absolute atomic E-state index is 13.0. The summed E-state index contributed by atoms with van der Waals surface area (Å²) in [6.45, 7) is 5.50. The van der Waals surface area contributed by atoms with E-state index in [9.17, 15) is 9.18 Å². The zero-order valence-corrected chi connectivity index (χ0v) is 13.3.